The molecule has 0 amide bonds. The molecule has 0 spiro atoms. The van der Waals surface area contributed by atoms with Gasteiger partial charge in [0.15, 0.2) is 0 Å². The van der Waals surface area contributed by atoms with Crippen molar-refractivity contribution in [2.45, 2.75) is 0 Å². The average molecular weight is 206 g/mol. The molecule has 0 fully saturated rings. The van der Waals surface area contributed by atoms with Gasteiger partial charge in [0.2, 0.25) is 0 Å². The highest BCUT2D eigenvalue weighted by atomic mass is 33.1. The van der Waals surface area contributed by atoms with E-state index in [1.165, 1.54) is 11.5 Å². The molecule has 0 aromatic carbocycles. The molecule has 0 saturated heterocycles. The van der Waals surface area contributed by atoms with Crippen molar-refractivity contribution in [1.29, 1.82) is 0 Å². The molecule has 0 nitrogen and oxygen atoms in total. The van der Waals surface area contributed by atoms with Crippen molar-refractivity contribution >= 4 is 45.1 Å². The second-order valence-electron chi connectivity index (χ2n) is 1.93. The summed E-state index contributed by atoms with van der Waals surface area (Å²) in [5.41, 5.74) is 0. The minimum atomic E-state index is 1.22. The Labute approximate surface area is 77.1 Å². The summed E-state index contributed by atoms with van der Waals surface area (Å²) in [6.07, 6.45) is 0. The van der Waals surface area contributed by atoms with Gasteiger partial charge < -0.3 is 0 Å². The van der Waals surface area contributed by atoms with E-state index in [2.05, 4.69) is 10.8 Å². The van der Waals surface area contributed by atoms with E-state index in [-0.39, 0.29) is 0 Å². The van der Waals surface area contributed by atoms with Crippen molar-refractivity contribution in [1.82, 2.24) is 0 Å². The highest BCUT2D eigenvalue weighted by Crippen LogP contribution is 2.43. The Kier molecular flexibility index (Phi) is 2.65. The second-order valence-corrected chi connectivity index (χ2v) is 6.38. The van der Waals surface area contributed by atoms with Crippen LogP contribution in [0.3, 0.4) is 0 Å². The first-order valence-electron chi connectivity index (χ1n) is 2.91. The monoisotopic (exact) mass is 206 g/mol. The standard InChI is InChI=1S/C6H6S4/c1-5(7-1)3-9-10-4-6-2-8-6/h1-2H,3-4H2. The summed E-state index contributed by atoms with van der Waals surface area (Å²) in [5, 5.41) is 4.44. The Balaban J connectivity index is 1.47. The minimum absolute atomic E-state index is 1.22. The van der Waals surface area contributed by atoms with Crippen LogP contribution in [0.15, 0.2) is 20.6 Å². The summed E-state index contributed by atoms with van der Waals surface area (Å²) in [5.74, 6) is 2.43. The molecule has 10 heavy (non-hydrogen) atoms. The van der Waals surface area contributed by atoms with E-state index in [9.17, 15) is 0 Å². The zero-order valence-corrected chi connectivity index (χ0v) is 8.47. The van der Waals surface area contributed by atoms with Crippen molar-refractivity contribution in [2.75, 3.05) is 11.5 Å². The van der Waals surface area contributed by atoms with Crippen LogP contribution in [-0.4, -0.2) is 11.5 Å². The van der Waals surface area contributed by atoms with Crippen LogP contribution in [0.2, 0.25) is 0 Å². The minimum Gasteiger partial charge on any atom is -0.100 e. The van der Waals surface area contributed by atoms with Gasteiger partial charge in [-0.05, 0) is 10.8 Å². The van der Waals surface area contributed by atoms with Gasteiger partial charge in [0.25, 0.3) is 0 Å². The number of hydrogen-bond donors (Lipinski definition) is 0. The average Bonchev–Trinajstić information content (AvgIpc) is 2.77. The molecule has 0 radical (unpaired) electrons. The van der Waals surface area contributed by atoms with Crippen LogP contribution >= 0.6 is 45.1 Å². The first kappa shape index (κ1) is 7.53. The van der Waals surface area contributed by atoms with E-state index in [0.29, 0.717) is 0 Å². The van der Waals surface area contributed by atoms with Gasteiger partial charge in [-0.3, -0.25) is 0 Å². The van der Waals surface area contributed by atoms with Crippen molar-refractivity contribution in [2.24, 2.45) is 0 Å². The molecule has 54 valence electrons. The lowest BCUT2D eigenvalue weighted by atomic mass is 10.8. The Bertz CT molecular complexity index is 172. The molecular formula is C6H6S4. The topological polar surface area (TPSA) is 0 Å². The van der Waals surface area contributed by atoms with Gasteiger partial charge in [-0.25, -0.2) is 0 Å². The lowest BCUT2D eigenvalue weighted by Gasteiger charge is -1.91. The molecule has 4 heteroatoms. The third kappa shape index (κ3) is 2.86. The van der Waals surface area contributed by atoms with Crippen molar-refractivity contribution in [3.63, 3.8) is 0 Å². The van der Waals surface area contributed by atoms with Gasteiger partial charge >= 0.3 is 0 Å². The SMILES string of the molecule is C1=C(CSSCC2=CS2)S1. The largest absolute Gasteiger partial charge is 0.100 e. The predicted octanol–water partition coefficient (Wildman–Crippen LogP) is 3.54. The first-order valence-corrected chi connectivity index (χ1v) is 7.16. The van der Waals surface area contributed by atoms with Crippen LogP contribution in [0.1, 0.15) is 0 Å². The number of rotatable bonds is 5. The van der Waals surface area contributed by atoms with E-state index < -0.39 is 0 Å². The molecule has 0 atom stereocenters. The van der Waals surface area contributed by atoms with E-state index in [4.69, 9.17) is 0 Å². The van der Waals surface area contributed by atoms with E-state index in [0.717, 1.165) is 0 Å². The molecule has 2 aliphatic heterocycles. The Morgan fingerprint density at radius 2 is 1.40 bits per heavy atom. The molecule has 2 rings (SSSR count). The maximum Gasteiger partial charge on any atom is 0.0357 e. The van der Waals surface area contributed by atoms with Crippen molar-refractivity contribution in [3.05, 3.63) is 20.6 Å². The van der Waals surface area contributed by atoms with E-state index in [1.807, 2.05) is 45.1 Å². The quantitative estimate of drug-likeness (QED) is 0.498. The van der Waals surface area contributed by atoms with Crippen molar-refractivity contribution < 1.29 is 0 Å². The normalized spacial score (nSPS) is 20.0. The molecule has 0 aromatic heterocycles. The van der Waals surface area contributed by atoms with Crippen molar-refractivity contribution in [3.8, 4) is 0 Å². The van der Waals surface area contributed by atoms with Crippen LogP contribution in [-0.2, 0) is 0 Å². The second kappa shape index (κ2) is 3.52. The molecule has 2 aliphatic rings. The van der Waals surface area contributed by atoms with Crippen LogP contribution in [0.5, 0.6) is 0 Å². The lowest BCUT2D eigenvalue weighted by Crippen LogP contribution is -1.69. The molecule has 2 heterocycles. The smallest absolute Gasteiger partial charge is 0.0357 e. The third-order valence-electron chi connectivity index (χ3n) is 1.05. The van der Waals surface area contributed by atoms with Crippen LogP contribution in [0.4, 0.5) is 0 Å². The summed E-state index contributed by atoms with van der Waals surface area (Å²) in [7, 11) is 3.93. The molecule has 0 N–H and O–H groups in total. The fourth-order valence-electron chi connectivity index (χ4n) is 0.419. The summed E-state index contributed by atoms with van der Waals surface area (Å²) >= 11 is 3.76. The number of hydrogen-bond acceptors (Lipinski definition) is 4. The zero-order valence-electron chi connectivity index (χ0n) is 5.20. The summed E-state index contributed by atoms with van der Waals surface area (Å²) in [4.78, 5) is 3.10. The van der Waals surface area contributed by atoms with E-state index >= 15 is 0 Å². The Morgan fingerprint density at radius 3 is 1.70 bits per heavy atom. The highest BCUT2D eigenvalue weighted by molar-refractivity contribution is 8.77. The first-order chi connectivity index (χ1) is 4.95. The van der Waals surface area contributed by atoms with Gasteiger partial charge in [0.05, 0.1) is 0 Å². The molecule has 0 unspecified atom stereocenters. The summed E-state index contributed by atoms with van der Waals surface area (Å²) in [6.45, 7) is 0. The van der Waals surface area contributed by atoms with Gasteiger partial charge in [-0.15, -0.1) is 23.5 Å². The summed E-state index contributed by atoms with van der Waals surface area (Å²) < 4.78 is 0. The van der Waals surface area contributed by atoms with Crippen LogP contribution in [0.25, 0.3) is 0 Å². The molecule has 0 bridgehead atoms. The lowest BCUT2D eigenvalue weighted by molar-refractivity contribution is 1.80. The highest BCUT2D eigenvalue weighted by Gasteiger charge is 2.10. The van der Waals surface area contributed by atoms with Gasteiger partial charge in [0.1, 0.15) is 0 Å². The summed E-state index contributed by atoms with van der Waals surface area (Å²) in [6, 6.07) is 0. The fourth-order valence-corrected chi connectivity index (χ4v) is 4.14. The number of thioether (sulfide) groups is 2. The maximum absolute atomic E-state index is 2.22. The third-order valence-corrected chi connectivity index (χ3v) is 5.08. The van der Waals surface area contributed by atoms with Gasteiger partial charge in [-0.1, -0.05) is 21.6 Å². The predicted molar refractivity (Wildman–Crippen MR) is 56.3 cm³/mol. The molecular weight excluding hydrogens is 200 g/mol. The Hall–Kier alpha value is 0.880. The van der Waals surface area contributed by atoms with Crippen LogP contribution in [0, 0.1) is 0 Å². The van der Waals surface area contributed by atoms with Crippen LogP contribution < -0.4 is 0 Å². The zero-order chi connectivity index (χ0) is 6.81. The molecule has 0 saturated carbocycles. The molecule has 0 aromatic rings. The maximum atomic E-state index is 2.22. The fraction of sp³-hybridized carbons (Fsp3) is 0.333. The van der Waals surface area contributed by atoms with E-state index in [1.54, 1.807) is 9.81 Å². The molecule has 0 aliphatic carbocycles. The Morgan fingerprint density at radius 1 is 1.00 bits per heavy atom. The van der Waals surface area contributed by atoms with Gasteiger partial charge in [-0.2, -0.15) is 0 Å². The van der Waals surface area contributed by atoms with Gasteiger partial charge in [0, 0.05) is 21.3 Å².